The SMILES string of the molecule is CCC(I)C(=O)OC(CC)(CC)C1CC2CCC1C2. The van der Waals surface area contributed by atoms with Crippen molar-refractivity contribution in [1.82, 2.24) is 0 Å². The molecule has 0 radical (unpaired) electrons. The summed E-state index contributed by atoms with van der Waals surface area (Å²) in [4.78, 5) is 12.2. The fourth-order valence-electron chi connectivity index (χ4n) is 4.31. The van der Waals surface area contributed by atoms with Crippen LogP contribution in [0.1, 0.15) is 65.7 Å². The summed E-state index contributed by atoms with van der Waals surface area (Å²) < 4.78 is 6.09. The first-order valence-corrected chi connectivity index (χ1v) is 9.17. The minimum atomic E-state index is -0.185. The first-order chi connectivity index (χ1) is 9.06. The molecule has 0 N–H and O–H groups in total. The van der Waals surface area contributed by atoms with E-state index in [-0.39, 0.29) is 15.5 Å². The van der Waals surface area contributed by atoms with Gasteiger partial charge < -0.3 is 4.74 Å². The first-order valence-electron chi connectivity index (χ1n) is 7.93. The standard InChI is InChI=1S/C16H27IO2/c1-4-14(17)15(18)19-16(5-2,6-3)13-10-11-7-8-12(13)9-11/h11-14H,4-10H2,1-3H3. The van der Waals surface area contributed by atoms with Crippen molar-refractivity contribution in [3.8, 4) is 0 Å². The monoisotopic (exact) mass is 378 g/mol. The molecule has 2 rings (SSSR count). The van der Waals surface area contributed by atoms with Gasteiger partial charge in [-0.15, -0.1) is 0 Å². The second-order valence-corrected chi connectivity index (χ2v) is 7.85. The van der Waals surface area contributed by atoms with Gasteiger partial charge in [-0.2, -0.15) is 0 Å². The molecule has 2 aliphatic rings. The van der Waals surface area contributed by atoms with Gasteiger partial charge in [-0.05, 0) is 50.4 Å². The summed E-state index contributed by atoms with van der Waals surface area (Å²) in [6, 6.07) is 0. The maximum Gasteiger partial charge on any atom is 0.319 e. The van der Waals surface area contributed by atoms with Crippen LogP contribution < -0.4 is 0 Å². The van der Waals surface area contributed by atoms with E-state index in [9.17, 15) is 4.79 Å². The van der Waals surface area contributed by atoms with Gasteiger partial charge in [0.1, 0.15) is 9.53 Å². The van der Waals surface area contributed by atoms with E-state index in [0.29, 0.717) is 5.92 Å². The van der Waals surface area contributed by atoms with Crippen LogP contribution in [0.25, 0.3) is 0 Å². The molecular formula is C16H27IO2. The van der Waals surface area contributed by atoms with E-state index >= 15 is 0 Å². The quantitative estimate of drug-likeness (QED) is 0.379. The summed E-state index contributed by atoms with van der Waals surface area (Å²) in [6.07, 6.45) is 8.23. The van der Waals surface area contributed by atoms with Crippen LogP contribution in [-0.2, 0) is 9.53 Å². The number of carbonyl (C=O) groups is 1. The molecule has 0 aromatic carbocycles. The highest BCUT2D eigenvalue weighted by molar-refractivity contribution is 14.1. The molecule has 2 bridgehead atoms. The Morgan fingerprint density at radius 3 is 2.37 bits per heavy atom. The minimum Gasteiger partial charge on any atom is -0.458 e. The number of fused-ring (bicyclic) bond motifs is 2. The van der Waals surface area contributed by atoms with Crippen LogP contribution in [0.5, 0.6) is 0 Å². The molecule has 2 aliphatic carbocycles. The normalized spacial score (nSPS) is 31.5. The van der Waals surface area contributed by atoms with E-state index < -0.39 is 0 Å². The molecule has 2 saturated carbocycles. The Balaban J connectivity index is 2.11. The third-order valence-corrected chi connectivity index (χ3v) is 6.92. The summed E-state index contributed by atoms with van der Waals surface area (Å²) >= 11 is 2.22. The van der Waals surface area contributed by atoms with E-state index in [2.05, 4.69) is 43.4 Å². The van der Waals surface area contributed by atoms with E-state index in [1.165, 1.54) is 25.7 Å². The summed E-state index contributed by atoms with van der Waals surface area (Å²) in [5.74, 6) is 2.35. The lowest BCUT2D eigenvalue weighted by Crippen LogP contribution is -2.45. The van der Waals surface area contributed by atoms with Gasteiger partial charge in [0.05, 0.1) is 0 Å². The van der Waals surface area contributed by atoms with E-state index in [1.54, 1.807) is 0 Å². The van der Waals surface area contributed by atoms with Crippen molar-refractivity contribution in [2.24, 2.45) is 17.8 Å². The Morgan fingerprint density at radius 1 is 1.26 bits per heavy atom. The predicted octanol–water partition coefficient (Wildman–Crippen LogP) is 4.74. The number of carbonyl (C=O) groups excluding carboxylic acids is 1. The predicted molar refractivity (Wildman–Crippen MR) is 86.4 cm³/mol. The Kier molecular flexibility index (Phi) is 5.18. The first kappa shape index (κ1) is 15.6. The van der Waals surface area contributed by atoms with Crippen LogP contribution in [0.3, 0.4) is 0 Å². The summed E-state index contributed by atoms with van der Waals surface area (Å²) in [5.41, 5.74) is -0.185. The van der Waals surface area contributed by atoms with Crippen LogP contribution in [-0.4, -0.2) is 15.5 Å². The molecule has 0 aliphatic heterocycles. The summed E-state index contributed by atoms with van der Waals surface area (Å²) in [5, 5.41) is 0. The molecule has 0 aromatic heterocycles. The van der Waals surface area contributed by atoms with Gasteiger partial charge in [0.25, 0.3) is 0 Å². The van der Waals surface area contributed by atoms with Crippen molar-refractivity contribution in [2.45, 2.75) is 75.2 Å². The molecule has 4 atom stereocenters. The Bertz CT molecular complexity index is 325. The average Bonchev–Trinajstić information content (AvgIpc) is 3.06. The number of halogens is 1. The highest BCUT2D eigenvalue weighted by atomic mass is 127. The third kappa shape index (κ3) is 2.96. The topological polar surface area (TPSA) is 26.3 Å². The van der Waals surface area contributed by atoms with Crippen LogP contribution in [0.2, 0.25) is 0 Å². The number of esters is 1. The lowest BCUT2D eigenvalue weighted by molar-refractivity contribution is -0.169. The van der Waals surface area contributed by atoms with Crippen molar-refractivity contribution >= 4 is 28.6 Å². The molecule has 0 heterocycles. The lowest BCUT2D eigenvalue weighted by atomic mass is 9.73. The maximum absolute atomic E-state index is 12.2. The second kappa shape index (κ2) is 6.31. The molecule has 4 unspecified atom stereocenters. The highest BCUT2D eigenvalue weighted by Crippen LogP contribution is 2.54. The fraction of sp³-hybridized carbons (Fsp3) is 0.938. The Hall–Kier alpha value is 0.200. The Labute approximate surface area is 131 Å². The second-order valence-electron chi connectivity index (χ2n) is 6.35. The number of rotatable bonds is 6. The number of alkyl halides is 1. The molecule has 0 spiro atoms. The zero-order valence-electron chi connectivity index (χ0n) is 12.5. The van der Waals surface area contributed by atoms with Gasteiger partial charge in [-0.25, -0.2) is 0 Å². The van der Waals surface area contributed by atoms with E-state index in [4.69, 9.17) is 4.74 Å². The Morgan fingerprint density at radius 2 is 1.95 bits per heavy atom. The minimum absolute atomic E-state index is 0.00802. The van der Waals surface area contributed by atoms with Gasteiger partial charge in [-0.1, -0.05) is 49.8 Å². The summed E-state index contributed by atoms with van der Waals surface area (Å²) in [7, 11) is 0. The smallest absolute Gasteiger partial charge is 0.319 e. The molecule has 2 nitrogen and oxygen atoms in total. The van der Waals surface area contributed by atoms with Gasteiger partial charge >= 0.3 is 5.97 Å². The third-order valence-electron chi connectivity index (χ3n) is 5.53. The number of ether oxygens (including phenoxy) is 1. The van der Waals surface area contributed by atoms with Gasteiger partial charge in [0.15, 0.2) is 0 Å². The van der Waals surface area contributed by atoms with Gasteiger partial charge in [-0.3, -0.25) is 4.79 Å². The molecule has 0 amide bonds. The van der Waals surface area contributed by atoms with Crippen molar-refractivity contribution in [1.29, 1.82) is 0 Å². The molecule has 19 heavy (non-hydrogen) atoms. The van der Waals surface area contributed by atoms with Crippen LogP contribution >= 0.6 is 22.6 Å². The number of hydrogen-bond donors (Lipinski definition) is 0. The molecular weight excluding hydrogens is 351 g/mol. The molecule has 2 fully saturated rings. The zero-order chi connectivity index (χ0) is 14.0. The lowest BCUT2D eigenvalue weighted by Gasteiger charge is -2.41. The molecule has 0 aromatic rings. The van der Waals surface area contributed by atoms with E-state index in [0.717, 1.165) is 31.1 Å². The molecule has 0 saturated heterocycles. The van der Waals surface area contributed by atoms with Crippen LogP contribution in [0.15, 0.2) is 0 Å². The maximum atomic E-state index is 12.2. The fourth-order valence-corrected chi connectivity index (χ4v) is 4.44. The van der Waals surface area contributed by atoms with Crippen molar-refractivity contribution in [3.63, 3.8) is 0 Å². The van der Waals surface area contributed by atoms with Crippen LogP contribution in [0, 0.1) is 17.8 Å². The number of hydrogen-bond acceptors (Lipinski definition) is 2. The van der Waals surface area contributed by atoms with E-state index in [1.807, 2.05) is 0 Å². The van der Waals surface area contributed by atoms with Gasteiger partial charge in [0.2, 0.25) is 0 Å². The van der Waals surface area contributed by atoms with Crippen molar-refractivity contribution in [3.05, 3.63) is 0 Å². The largest absolute Gasteiger partial charge is 0.458 e. The summed E-state index contributed by atoms with van der Waals surface area (Å²) in [6.45, 7) is 6.43. The average molecular weight is 378 g/mol. The highest BCUT2D eigenvalue weighted by Gasteiger charge is 2.51. The molecule has 110 valence electrons. The molecule has 3 heteroatoms. The van der Waals surface area contributed by atoms with Crippen LogP contribution in [0.4, 0.5) is 0 Å². The van der Waals surface area contributed by atoms with Crippen molar-refractivity contribution in [2.75, 3.05) is 0 Å². The zero-order valence-corrected chi connectivity index (χ0v) is 14.6. The van der Waals surface area contributed by atoms with Crippen molar-refractivity contribution < 1.29 is 9.53 Å². The van der Waals surface area contributed by atoms with Gasteiger partial charge in [0, 0.05) is 5.92 Å².